The predicted octanol–water partition coefficient (Wildman–Crippen LogP) is 1.42. The van der Waals surface area contributed by atoms with Crippen LogP contribution >= 0.6 is 0 Å². The molecule has 0 aliphatic rings. The van der Waals surface area contributed by atoms with Crippen molar-refractivity contribution < 1.29 is 15.0 Å². The van der Waals surface area contributed by atoms with Gasteiger partial charge in [-0.25, -0.2) is 0 Å². The van der Waals surface area contributed by atoms with Gasteiger partial charge >= 0.3 is 0 Å². The molecular formula is C9H16O3. The molecule has 0 heterocycles. The molecule has 3 nitrogen and oxygen atoms in total. The highest BCUT2D eigenvalue weighted by Gasteiger charge is 2.22. The van der Waals surface area contributed by atoms with Crippen molar-refractivity contribution in [2.24, 2.45) is 5.92 Å². The third kappa shape index (κ3) is 2.66. The van der Waals surface area contributed by atoms with E-state index in [9.17, 15) is 15.0 Å². The van der Waals surface area contributed by atoms with Crippen molar-refractivity contribution in [1.82, 2.24) is 0 Å². The van der Waals surface area contributed by atoms with Crippen LogP contribution in [-0.4, -0.2) is 22.1 Å². The Morgan fingerprint density at radius 2 is 1.67 bits per heavy atom. The molecular weight excluding hydrogens is 156 g/mol. The highest BCUT2D eigenvalue weighted by molar-refractivity contribution is 5.86. The fourth-order valence-corrected chi connectivity index (χ4v) is 0.724. The molecule has 0 aliphatic carbocycles. The van der Waals surface area contributed by atoms with E-state index in [0.717, 1.165) is 0 Å². The summed E-state index contributed by atoms with van der Waals surface area (Å²) in [6.07, 6.45) is -1.35. The third-order valence-electron chi connectivity index (χ3n) is 1.61. The number of hydrogen-bond donors (Lipinski definition) is 2. The van der Waals surface area contributed by atoms with E-state index in [2.05, 4.69) is 0 Å². The summed E-state index contributed by atoms with van der Waals surface area (Å²) < 4.78 is 0. The van der Waals surface area contributed by atoms with E-state index < -0.39 is 6.10 Å². The van der Waals surface area contributed by atoms with Crippen molar-refractivity contribution in [2.75, 3.05) is 0 Å². The first-order valence-electron chi connectivity index (χ1n) is 3.96. The van der Waals surface area contributed by atoms with Crippen molar-refractivity contribution >= 4 is 5.78 Å². The fraction of sp³-hybridized carbons (Fsp3) is 0.667. The van der Waals surface area contributed by atoms with Gasteiger partial charge in [0.2, 0.25) is 0 Å². The summed E-state index contributed by atoms with van der Waals surface area (Å²) in [7, 11) is 0. The van der Waals surface area contributed by atoms with Crippen LogP contribution in [0.4, 0.5) is 0 Å². The van der Waals surface area contributed by atoms with Gasteiger partial charge < -0.3 is 10.2 Å². The average Bonchev–Trinajstić information content (AvgIpc) is 2.00. The first-order chi connectivity index (χ1) is 5.37. The first kappa shape index (κ1) is 11.2. The van der Waals surface area contributed by atoms with Crippen molar-refractivity contribution in [3.8, 4) is 0 Å². The van der Waals surface area contributed by atoms with E-state index in [1.54, 1.807) is 27.7 Å². The molecule has 1 unspecified atom stereocenters. The Bertz CT molecular complexity index is 200. The Labute approximate surface area is 72.7 Å². The van der Waals surface area contributed by atoms with Gasteiger partial charge in [-0.15, -0.1) is 0 Å². The van der Waals surface area contributed by atoms with Gasteiger partial charge in [-0.3, -0.25) is 4.79 Å². The number of carbonyl (C=O) groups excluding carboxylic acids is 1. The Hall–Kier alpha value is -0.830. The molecule has 0 amide bonds. The molecule has 0 aromatic carbocycles. The van der Waals surface area contributed by atoms with Crippen LogP contribution in [0.1, 0.15) is 27.7 Å². The smallest absolute Gasteiger partial charge is 0.171 e. The van der Waals surface area contributed by atoms with Crippen LogP contribution in [0.25, 0.3) is 0 Å². The van der Waals surface area contributed by atoms with Gasteiger partial charge in [0.1, 0.15) is 5.76 Å². The molecule has 0 rings (SSSR count). The zero-order chi connectivity index (χ0) is 9.89. The minimum Gasteiger partial charge on any atom is -0.509 e. The molecule has 0 aromatic rings. The number of rotatable bonds is 3. The fourth-order valence-electron chi connectivity index (χ4n) is 0.724. The van der Waals surface area contributed by atoms with Crippen LogP contribution < -0.4 is 0 Å². The summed E-state index contributed by atoms with van der Waals surface area (Å²) in [6, 6.07) is 0. The van der Waals surface area contributed by atoms with E-state index in [1.165, 1.54) is 0 Å². The number of ketones is 1. The van der Waals surface area contributed by atoms with E-state index in [4.69, 9.17) is 0 Å². The van der Waals surface area contributed by atoms with Crippen LogP contribution in [0.15, 0.2) is 11.3 Å². The van der Waals surface area contributed by atoms with Gasteiger partial charge in [0.15, 0.2) is 11.9 Å². The molecule has 0 radical (unpaired) electrons. The summed E-state index contributed by atoms with van der Waals surface area (Å²) in [5.41, 5.74) is 0.566. The van der Waals surface area contributed by atoms with Gasteiger partial charge in [0.25, 0.3) is 0 Å². The number of aliphatic hydroxyl groups excluding tert-OH is 2. The molecule has 0 aromatic heterocycles. The largest absolute Gasteiger partial charge is 0.509 e. The quantitative estimate of drug-likeness (QED) is 0.633. The highest BCUT2D eigenvalue weighted by atomic mass is 16.3. The zero-order valence-electron chi connectivity index (χ0n) is 7.96. The molecule has 70 valence electrons. The van der Waals surface area contributed by atoms with Gasteiger partial charge in [0.05, 0.1) is 0 Å². The maximum atomic E-state index is 11.1. The van der Waals surface area contributed by atoms with Crippen LogP contribution in [0, 0.1) is 5.92 Å². The van der Waals surface area contributed by atoms with Gasteiger partial charge in [-0.05, 0) is 19.4 Å². The molecule has 12 heavy (non-hydrogen) atoms. The minimum absolute atomic E-state index is 0.228. The number of allylic oxidation sites excluding steroid dienone is 1. The molecule has 2 N–H and O–H groups in total. The standard InChI is InChI=1S/C9H16O3/c1-5(2)7(10)9(12)8(11)6(3)4/h5,9,11-12H,1-4H3. The Kier molecular flexibility index (Phi) is 3.96. The lowest BCUT2D eigenvalue weighted by Crippen LogP contribution is -2.27. The van der Waals surface area contributed by atoms with Crippen LogP contribution in [0.3, 0.4) is 0 Å². The predicted molar refractivity (Wildman–Crippen MR) is 46.9 cm³/mol. The summed E-state index contributed by atoms with van der Waals surface area (Å²) in [6.45, 7) is 6.66. The summed E-state index contributed by atoms with van der Waals surface area (Å²) in [5, 5.41) is 18.5. The lowest BCUT2D eigenvalue weighted by molar-refractivity contribution is -0.129. The van der Waals surface area contributed by atoms with Crippen molar-refractivity contribution in [3.05, 3.63) is 11.3 Å². The minimum atomic E-state index is -1.35. The van der Waals surface area contributed by atoms with Crippen molar-refractivity contribution in [1.29, 1.82) is 0 Å². The second kappa shape index (κ2) is 4.26. The van der Waals surface area contributed by atoms with Crippen molar-refractivity contribution in [3.63, 3.8) is 0 Å². The van der Waals surface area contributed by atoms with Crippen LogP contribution in [-0.2, 0) is 4.79 Å². The summed E-state index contributed by atoms with van der Waals surface area (Å²) in [5.74, 6) is -0.844. The maximum Gasteiger partial charge on any atom is 0.171 e. The normalized spacial score (nSPS) is 12.8. The van der Waals surface area contributed by atoms with E-state index in [-0.39, 0.29) is 17.5 Å². The average molecular weight is 172 g/mol. The molecule has 0 saturated heterocycles. The molecule has 0 fully saturated rings. The van der Waals surface area contributed by atoms with Crippen LogP contribution in [0.5, 0.6) is 0 Å². The molecule has 0 saturated carbocycles. The van der Waals surface area contributed by atoms with E-state index in [1.807, 2.05) is 0 Å². The molecule has 0 spiro atoms. The number of hydrogen-bond acceptors (Lipinski definition) is 3. The monoisotopic (exact) mass is 172 g/mol. The topological polar surface area (TPSA) is 57.5 Å². The SMILES string of the molecule is CC(C)=C(O)C(O)C(=O)C(C)C. The zero-order valence-corrected chi connectivity index (χ0v) is 7.96. The van der Waals surface area contributed by atoms with E-state index >= 15 is 0 Å². The highest BCUT2D eigenvalue weighted by Crippen LogP contribution is 2.10. The molecule has 1 atom stereocenters. The summed E-state index contributed by atoms with van der Waals surface area (Å²) in [4.78, 5) is 11.1. The first-order valence-corrected chi connectivity index (χ1v) is 3.96. The molecule has 0 bridgehead atoms. The third-order valence-corrected chi connectivity index (χ3v) is 1.61. The lowest BCUT2D eigenvalue weighted by Gasteiger charge is -2.12. The molecule has 0 aliphatic heterocycles. The van der Waals surface area contributed by atoms with Gasteiger partial charge in [-0.1, -0.05) is 13.8 Å². The summed E-state index contributed by atoms with van der Waals surface area (Å²) >= 11 is 0. The lowest BCUT2D eigenvalue weighted by atomic mass is 10.0. The Balaban J connectivity index is 4.51. The molecule has 3 heteroatoms. The maximum absolute atomic E-state index is 11.1. The second-order valence-corrected chi connectivity index (χ2v) is 3.34. The number of Topliss-reactive ketones (excluding diaryl/α,β-unsaturated/α-hetero) is 1. The number of carbonyl (C=O) groups is 1. The van der Waals surface area contributed by atoms with Crippen molar-refractivity contribution in [2.45, 2.75) is 33.8 Å². The second-order valence-electron chi connectivity index (χ2n) is 3.34. The van der Waals surface area contributed by atoms with E-state index in [0.29, 0.717) is 5.57 Å². The Morgan fingerprint density at radius 1 is 1.25 bits per heavy atom. The van der Waals surface area contributed by atoms with Gasteiger partial charge in [0, 0.05) is 5.92 Å². The Morgan fingerprint density at radius 3 is 1.92 bits per heavy atom. The van der Waals surface area contributed by atoms with Gasteiger partial charge in [-0.2, -0.15) is 0 Å². The van der Waals surface area contributed by atoms with Crippen LogP contribution in [0.2, 0.25) is 0 Å². The number of aliphatic hydroxyl groups is 2.